The van der Waals surface area contributed by atoms with Crippen molar-refractivity contribution in [3.8, 4) is 0 Å². The fourth-order valence-corrected chi connectivity index (χ4v) is 3.13. The summed E-state index contributed by atoms with van der Waals surface area (Å²) in [6.07, 6.45) is 12.0. The first-order valence-corrected chi connectivity index (χ1v) is 10.3. The van der Waals surface area contributed by atoms with Crippen molar-refractivity contribution in [2.45, 2.75) is 83.3 Å². The van der Waals surface area contributed by atoms with Crippen LogP contribution in [0.3, 0.4) is 0 Å². The van der Waals surface area contributed by atoms with Crippen LogP contribution in [0.2, 0.25) is 0 Å². The molecule has 0 spiro atoms. The van der Waals surface area contributed by atoms with Gasteiger partial charge in [0, 0.05) is 0 Å². The van der Waals surface area contributed by atoms with E-state index in [0.29, 0.717) is 6.54 Å². The number of nitrogens with zero attached hydrogens (tertiary/aromatic N) is 1. The van der Waals surface area contributed by atoms with Gasteiger partial charge in [-0.05, 0) is 12.8 Å². The molecule has 0 saturated heterocycles. The molecule has 0 rings (SSSR count). The van der Waals surface area contributed by atoms with E-state index in [-0.39, 0.29) is 19.8 Å². The number of quaternary nitrogens is 1. The van der Waals surface area contributed by atoms with Gasteiger partial charge in [0.1, 0.15) is 18.8 Å². The van der Waals surface area contributed by atoms with Crippen LogP contribution in [0.1, 0.15) is 71.1 Å². The molecular formula is C20H44NO4+. The summed E-state index contributed by atoms with van der Waals surface area (Å²) < 4.78 is 6.01. The second kappa shape index (κ2) is 16.0. The number of aliphatic hydroxyl groups is 3. The molecule has 0 aromatic carbocycles. The monoisotopic (exact) mass is 362 g/mol. The van der Waals surface area contributed by atoms with Gasteiger partial charge in [0.2, 0.25) is 0 Å². The SMILES string of the molecule is CCCCCCCCCCCC[N+](C)(C)CC(O)COCC(O)CO. The van der Waals surface area contributed by atoms with Crippen LogP contribution >= 0.6 is 0 Å². The summed E-state index contributed by atoms with van der Waals surface area (Å²) in [4.78, 5) is 0. The van der Waals surface area contributed by atoms with Crippen molar-refractivity contribution in [2.75, 3.05) is 47.0 Å². The van der Waals surface area contributed by atoms with Gasteiger partial charge in [0.25, 0.3) is 0 Å². The van der Waals surface area contributed by atoms with Crippen LogP contribution in [0.15, 0.2) is 0 Å². The molecule has 5 nitrogen and oxygen atoms in total. The number of unbranched alkanes of at least 4 members (excludes halogenated alkanes) is 9. The second-order valence-electron chi connectivity index (χ2n) is 8.05. The van der Waals surface area contributed by atoms with E-state index < -0.39 is 12.2 Å². The van der Waals surface area contributed by atoms with Gasteiger partial charge >= 0.3 is 0 Å². The van der Waals surface area contributed by atoms with Crippen LogP contribution in [0.4, 0.5) is 0 Å². The van der Waals surface area contributed by atoms with Gasteiger partial charge in [-0.2, -0.15) is 0 Å². The summed E-state index contributed by atoms with van der Waals surface area (Å²) in [6, 6.07) is 0. The number of hydrogen-bond acceptors (Lipinski definition) is 4. The fourth-order valence-electron chi connectivity index (χ4n) is 3.13. The lowest BCUT2D eigenvalue weighted by atomic mass is 10.1. The molecule has 0 heterocycles. The zero-order chi connectivity index (χ0) is 19.0. The quantitative estimate of drug-likeness (QED) is 0.259. The molecule has 0 fully saturated rings. The maximum Gasteiger partial charge on any atom is 0.126 e. The van der Waals surface area contributed by atoms with Crippen molar-refractivity contribution in [3.05, 3.63) is 0 Å². The highest BCUT2D eigenvalue weighted by Crippen LogP contribution is 2.12. The third-order valence-electron chi connectivity index (χ3n) is 4.65. The molecule has 0 aromatic rings. The number of rotatable bonds is 18. The molecule has 0 aliphatic carbocycles. The summed E-state index contributed by atoms with van der Waals surface area (Å²) in [5.41, 5.74) is 0. The van der Waals surface area contributed by atoms with Crippen LogP contribution < -0.4 is 0 Å². The Bertz CT molecular complexity index is 287. The van der Waals surface area contributed by atoms with Crippen LogP contribution in [-0.2, 0) is 4.74 Å². The Morgan fingerprint density at radius 1 is 0.760 bits per heavy atom. The summed E-state index contributed by atoms with van der Waals surface area (Å²) >= 11 is 0. The van der Waals surface area contributed by atoms with Crippen LogP contribution in [-0.4, -0.2) is 79.0 Å². The Morgan fingerprint density at radius 3 is 1.76 bits per heavy atom. The Morgan fingerprint density at radius 2 is 1.24 bits per heavy atom. The Labute approximate surface area is 155 Å². The molecule has 0 bridgehead atoms. The van der Waals surface area contributed by atoms with Crippen molar-refractivity contribution in [3.63, 3.8) is 0 Å². The summed E-state index contributed by atoms with van der Waals surface area (Å²) in [5.74, 6) is 0. The van der Waals surface area contributed by atoms with E-state index in [0.717, 1.165) is 11.0 Å². The highest BCUT2D eigenvalue weighted by atomic mass is 16.5. The fraction of sp³-hybridized carbons (Fsp3) is 1.00. The number of hydrogen-bond donors (Lipinski definition) is 3. The molecule has 0 radical (unpaired) electrons. The maximum atomic E-state index is 10.0. The smallest absolute Gasteiger partial charge is 0.126 e. The van der Waals surface area contributed by atoms with Gasteiger partial charge in [0.05, 0.1) is 40.5 Å². The normalized spacial score (nSPS) is 14.6. The van der Waals surface area contributed by atoms with E-state index in [1.807, 2.05) is 0 Å². The van der Waals surface area contributed by atoms with E-state index in [2.05, 4.69) is 21.0 Å². The molecule has 25 heavy (non-hydrogen) atoms. The topological polar surface area (TPSA) is 69.9 Å². The predicted octanol–water partition coefficient (Wildman–Crippen LogP) is 2.71. The molecule has 0 aromatic heterocycles. The van der Waals surface area contributed by atoms with Gasteiger partial charge in [0.15, 0.2) is 0 Å². The van der Waals surface area contributed by atoms with Crippen molar-refractivity contribution in [1.82, 2.24) is 0 Å². The van der Waals surface area contributed by atoms with Crippen molar-refractivity contribution in [1.29, 1.82) is 0 Å². The lowest BCUT2D eigenvalue weighted by Crippen LogP contribution is -2.47. The molecule has 152 valence electrons. The molecule has 0 aliphatic heterocycles. The molecule has 2 atom stereocenters. The third-order valence-corrected chi connectivity index (χ3v) is 4.65. The lowest BCUT2D eigenvalue weighted by molar-refractivity contribution is -0.893. The molecule has 3 N–H and O–H groups in total. The Balaban J connectivity index is 3.56. The van der Waals surface area contributed by atoms with E-state index >= 15 is 0 Å². The first kappa shape index (κ1) is 24.8. The zero-order valence-electron chi connectivity index (χ0n) is 17.0. The van der Waals surface area contributed by atoms with Gasteiger partial charge in [-0.1, -0.05) is 58.3 Å². The van der Waals surface area contributed by atoms with Crippen molar-refractivity contribution >= 4 is 0 Å². The first-order chi connectivity index (χ1) is 11.9. The van der Waals surface area contributed by atoms with Crippen LogP contribution in [0.25, 0.3) is 0 Å². The Hall–Kier alpha value is -0.200. The van der Waals surface area contributed by atoms with E-state index in [4.69, 9.17) is 9.84 Å². The third kappa shape index (κ3) is 17.0. The van der Waals surface area contributed by atoms with Gasteiger partial charge in [-0.3, -0.25) is 0 Å². The summed E-state index contributed by atoms with van der Waals surface area (Å²) in [6.45, 7) is 3.93. The average molecular weight is 363 g/mol. The summed E-state index contributed by atoms with van der Waals surface area (Å²) in [5, 5.41) is 28.0. The van der Waals surface area contributed by atoms with Crippen molar-refractivity contribution in [2.24, 2.45) is 0 Å². The standard InChI is InChI=1S/C20H44NO4/c1-4-5-6-7-8-9-10-11-12-13-14-21(2,3)15-19(23)17-25-18-20(24)16-22/h19-20,22-24H,4-18H2,1-3H3/q+1. The molecule has 5 heteroatoms. The van der Waals surface area contributed by atoms with E-state index in [9.17, 15) is 10.2 Å². The molecule has 0 saturated carbocycles. The van der Waals surface area contributed by atoms with Gasteiger partial charge < -0.3 is 24.5 Å². The number of likely N-dealkylation sites (N-methyl/N-ethyl adjacent to an activating group) is 1. The average Bonchev–Trinajstić information content (AvgIpc) is 2.55. The highest BCUT2D eigenvalue weighted by Gasteiger charge is 2.20. The lowest BCUT2D eigenvalue weighted by Gasteiger charge is -2.32. The Kier molecular flexibility index (Phi) is 15.9. The predicted molar refractivity (Wildman–Crippen MR) is 104 cm³/mol. The van der Waals surface area contributed by atoms with E-state index in [1.54, 1.807) is 0 Å². The van der Waals surface area contributed by atoms with Crippen LogP contribution in [0.5, 0.6) is 0 Å². The van der Waals surface area contributed by atoms with Gasteiger partial charge in [-0.25, -0.2) is 0 Å². The molecular weight excluding hydrogens is 318 g/mol. The minimum Gasteiger partial charge on any atom is -0.394 e. The minimum atomic E-state index is -0.860. The molecule has 0 amide bonds. The van der Waals surface area contributed by atoms with Crippen LogP contribution in [0, 0.1) is 0 Å². The largest absolute Gasteiger partial charge is 0.394 e. The highest BCUT2D eigenvalue weighted by molar-refractivity contribution is 4.55. The van der Waals surface area contributed by atoms with Crippen molar-refractivity contribution < 1.29 is 24.5 Å². The second-order valence-corrected chi connectivity index (χ2v) is 8.05. The minimum absolute atomic E-state index is 0.0689. The first-order valence-electron chi connectivity index (χ1n) is 10.3. The van der Waals surface area contributed by atoms with Gasteiger partial charge in [-0.15, -0.1) is 0 Å². The zero-order valence-corrected chi connectivity index (χ0v) is 17.0. The molecule has 2 unspecified atom stereocenters. The maximum absolute atomic E-state index is 10.0. The number of aliphatic hydroxyl groups excluding tert-OH is 3. The molecule has 0 aliphatic rings. The summed E-state index contributed by atoms with van der Waals surface area (Å²) in [7, 11) is 4.28. The van der Waals surface area contributed by atoms with E-state index in [1.165, 1.54) is 64.2 Å². The number of ether oxygens (including phenoxy) is 1.